The number of carbonyl (C=O) groups excluding carboxylic acids is 1. The highest BCUT2D eigenvalue weighted by molar-refractivity contribution is 5.93. The smallest absolute Gasteiger partial charge is 0.272 e. The molecule has 3 heterocycles. The Balaban J connectivity index is 1.91. The van der Waals surface area contributed by atoms with Crippen molar-refractivity contribution in [3.05, 3.63) is 41.6 Å². The molecule has 5 heteroatoms. The van der Waals surface area contributed by atoms with Gasteiger partial charge in [-0.15, -0.1) is 0 Å². The van der Waals surface area contributed by atoms with Crippen LogP contribution in [0.5, 0.6) is 0 Å². The predicted molar refractivity (Wildman–Crippen MR) is 88.3 cm³/mol. The van der Waals surface area contributed by atoms with E-state index >= 15 is 0 Å². The minimum absolute atomic E-state index is 0.0254. The molecule has 124 valence electrons. The van der Waals surface area contributed by atoms with Crippen LogP contribution in [0.1, 0.15) is 73.4 Å². The fraction of sp³-hybridized carbons (Fsp3) is 0.556. The summed E-state index contributed by atoms with van der Waals surface area (Å²) < 4.78 is 7.31. The van der Waals surface area contributed by atoms with Crippen LogP contribution in [0, 0.1) is 0 Å². The average molecular weight is 315 g/mol. The van der Waals surface area contributed by atoms with Gasteiger partial charge in [-0.3, -0.25) is 9.48 Å². The van der Waals surface area contributed by atoms with Gasteiger partial charge in [0.25, 0.3) is 5.91 Å². The fourth-order valence-electron chi connectivity index (χ4n) is 3.25. The Bertz CT molecular complexity index is 658. The van der Waals surface area contributed by atoms with Crippen LogP contribution in [0.4, 0.5) is 0 Å². The Hall–Kier alpha value is -2.04. The summed E-state index contributed by atoms with van der Waals surface area (Å²) in [5, 5.41) is 4.48. The third kappa shape index (κ3) is 3.19. The molecule has 5 nitrogen and oxygen atoms in total. The van der Waals surface area contributed by atoms with E-state index in [1.165, 1.54) is 0 Å². The summed E-state index contributed by atoms with van der Waals surface area (Å²) in [7, 11) is 1.85. The van der Waals surface area contributed by atoms with Crippen molar-refractivity contribution in [3.8, 4) is 0 Å². The normalized spacial score (nSPS) is 19.1. The first-order chi connectivity index (χ1) is 11.1. The first-order valence-corrected chi connectivity index (χ1v) is 8.46. The fourth-order valence-corrected chi connectivity index (χ4v) is 3.25. The van der Waals surface area contributed by atoms with Crippen LogP contribution < -0.4 is 0 Å². The summed E-state index contributed by atoms with van der Waals surface area (Å²) in [5.74, 6) is 1.24. The van der Waals surface area contributed by atoms with Gasteiger partial charge in [-0.05, 0) is 37.0 Å². The highest BCUT2D eigenvalue weighted by Gasteiger charge is 2.31. The van der Waals surface area contributed by atoms with Gasteiger partial charge in [0.05, 0.1) is 18.0 Å². The van der Waals surface area contributed by atoms with Gasteiger partial charge in [0.15, 0.2) is 0 Å². The lowest BCUT2D eigenvalue weighted by Crippen LogP contribution is -2.35. The van der Waals surface area contributed by atoms with Crippen LogP contribution in [0.2, 0.25) is 0 Å². The minimum Gasteiger partial charge on any atom is -0.467 e. The van der Waals surface area contributed by atoms with E-state index in [9.17, 15) is 4.79 Å². The maximum absolute atomic E-state index is 13.1. The summed E-state index contributed by atoms with van der Waals surface area (Å²) in [4.78, 5) is 15.1. The summed E-state index contributed by atoms with van der Waals surface area (Å²) in [5.41, 5.74) is 1.62. The molecule has 2 aromatic heterocycles. The standard InChI is InChI=1S/C18H25N3O2/c1-13(2)14-12-16(20(3)19-14)18(22)21-10-6-4-5-8-15(21)17-9-7-11-23-17/h7,9,11-13,15H,4-6,8,10H2,1-3H3. The zero-order chi connectivity index (χ0) is 16.4. The second kappa shape index (κ2) is 6.60. The van der Waals surface area contributed by atoms with Crippen LogP contribution in [-0.2, 0) is 7.05 Å². The van der Waals surface area contributed by atoms with Crippen LogP contribution in [0.3, 0.4) is 0 Å². The molecule has 1 aliphatic rings. The van der Waals surface area contributed by atoms with Crippen molar-refractivity contribution >= 4 is 5.91 Å². The van der Waals surface area contributed by atoms with Crippen molar-refractivity contribution in [1.29, 1.82) is 0 Å². The molecule has 1 amide bonds. The lowest BCUT2D eigenvalue weighted by Gasteiger charge is -2.28. The molecule has 0 radical (unpaired) electrons. The van der Waals surface area contributed by atoms with Crippen molar-refractivity contribution < 1.29 is 9.21 Å². The van der Waals surface area contributed by atoms with E-state index in [1.807, 2.05) is 30.1 Å². The molecule has 0 aliphatic carbocycles. The summed E-state index contributed by atoms with van der Waals surface area (Å²) in [6.07, 6.45) is 5.96. The maximum Gasteiger partial charge on any atom is 0.272 e. The number of aromatic nitrogens is 2. The molecule has 0 N–H and O–H groups in total. The summed E-state index contributed by atoms with van der Waals surface area (Å²) in [6, 6.07) is 5.82. The number of nitrogens with zero attached hydrogens (tertiary/aromatic N) is 3. The largest absolute Gasteiger partial charge is 0.467 e. The van der Waals surface area contributed by atoms with Crippen LogP contribution in [0.25, 0.3) is 0 Å². The molecule has 0 saturated carbocycles. The van der Waals surface area contributed by atoms with Gasteiger partial charge in [-0.1, -0.05) is 26.7 Å². The number of hydrogen-bond acceptors (Lipinski definition) is 3. The Morgan fingerprint density at radius 1 is 1.35 bits per heavy atom. The predicted octanol–water partition coefficient (Wildman–Crippen LogP) is 3.89. The van der Waals surface area contributed by atoms with E-state index in [0.717, 1.165) is 43.7 Å². The van der Waals surface area contributed by atoms with E-state index in [-0.39, 0.29) is 11.9 Å². The molecule has 0 spiro atoms. The van der Waals surface area contributed by atoms with E-state index in [1.54, 1.807) is 10.9 Å². The first-order valence-electron chi connectivity index (χ1n) is 8.46. The number of amides is 1. The minimum atomic E-state index is 0.0254. The molecule has 1 saturated heterocycles. The number of hydrogen-bond donors (Lipinski definition) is 0. The Labute approximate surface area is 137 Å². The summed E-state index contributed by atoms with van der Waals surface area (Å²) >= 11 is 0. The quantitative estimate of drug-likeness (QED) is 0.863. The van der Waals surface area contributed by atoms with Gasteiger partial charge < -0.3 is 9.32 Å². The molecule has 0 bridgehead atoms. The zero-order valence-electron chi connectivity index (χ0n) is 14.2. The van der Waals surface area contributed by atoms with Gasteiger partial charge in [0.1, 0.15) is 11.5 Å². The van der Waals surface area contributed by atoms with Crippen molar-refractivity contribution in [2.75, 3.05) is 6.54 Å². The van der Waals surface area contributed by atoms with Gasteiger partial charge >= 0.3 is 0 Å². The first kappa shape index (κ1) is 15.8. The Kier molecular flexibility index (Phi) is 4.55. The number of rotatable bonds is 3. The van der Waals surface area contributed by atoms with Gasteiger partial charge in [0.2, 0.25) is 0 Å². The molecular weight excluding hydrogens is 290 g/mol. The summed E-state index contributed by atoms with van der Waals surface area (Å²) in [6.45, 7) is 4.95. The van der Waals surface area contributed by atoms with Crippen LogP contribution in [-0.4, -0.2) is 27.1 Å². The topological polar surface area (TPSA) is 51.3 Å². The van der Waals surface area contributed by atoms with Crippen molar-refractivity contribution in [1.82, 2.24) is 14.7 Å². The number of carbonyl (C=O) groups is 1. The molecule has 1 fully saturated rings. The molecule has 2 aromatic rings. The molecular formula is C18H25N3O2. The Morgan fingerprint density at radius 3 is 2.83 bits per heavy atom. The Morgan fingerprint density at radius 2 is 2.17 bits per heavy atom. The second-order valence-corrected chi connectivity index (χ2v) is 6.61. The third-order valence-corrected chi connectivity index (χ3v) is 4.59. The zero-order valence-corrected chi connectivity index (χ0v) is 14.2. The highest BCUT2D eigenvalue weighted by Crippen LogP contribution is 2.31. The van der Waals surface area contributed by atoms with Gasteiger partial charge in [-0.2, -0.15) is 5.10 Å². The van der Waals surface area contributed by atoms with E-state index < -0.39 is 0 Å². The second-order valence-electron chi connectivity index (χ2n) is 6.61. The molecule has 1 unspecified atom stereocenters. The number of aryl methyl sites for hydroxylation is 1. The van der Waals surface area contributed by atoms with E-state index in [2.05, 4.69) is 18.9 Å². The lowest BCUT2D eigenvalue weighted by atomic mass is 10.1. The molecule has 1 atom stereocenters. The van der Waals surface area contributed by atoms with Gasteiger partial charge in [0, 0.05) is 13.6 Å². The molecule has 0 aromatic carbocycles. The van der Waals surface area contributed by atoms with Crippen molar-refractivity contribution in [2.24, 2.45) is 7.05 Å². The monoisotopic (exact) mass is 315 g/mol. The molecule has 3 rings (SSSR count). The lowest BCUT2D eigenvalue weighted by molar-refractivity contribution is 0.0647. The number of furan rings is 1. The molecule has 23 heavy (non-hydrogen) atoms. The molecule has 1 aliphatic heterocycles. The average Bonchev–Trinajstić information content (AvgIpc) is 3.11. The van der Waals surface area contributed by atoms with Crippen molar-refractivity contribution in [2.45, 2.75) is 51.5 Å². The SMILES string of the molecule is CC(C)c1cc(C(=O)N2CCCCCC2c2ccco2)n(C)n1. The van der Waals surface area contributed by atoms with Crippen LogP contribution in [0.15, 0.2) is 28.9 Å². The third-order valence-electron chi connectivity index (χ3n) is 4.59. The number of likely N-dealkylation sites (tertiary alicyclic amines) is 1. The maximum atomic E-state index is 13.1. The van der Waals surface area contributed by atoms with E-state index in [0.29, 0.717) is 11.6 Å². The van der Waals surface area contributed by atoms with Crippen molar-refractivity contribution in [3.63, 3.8) is 0 Å². The van der Waals surface area contributed by atoms with E-state index in [4.69, 9.17) is 4.42 Å². The van der Waals surface area contributed by atoms with Gasteiger partial charge in [-0.25, -0.2) is 0 Å². The highest BCUT2D eigenvalue weighted by atomic mass is 16.3. The van der Waals surface area contributed by atoms with Crippen LogP contribution >= 0.6 is 0 Å².